The molecule has 0 saturated carbocycles. The number of fused-ring (bicyclic) bond motifs is 3. The Morgan fingerprint density at radius 2 is 1.97 bits per heavy atom. The van der Waals surface area contributed by atoms with Gasteiger partial charge in [-0.1, -0.05) is 38.4 Å². The van der Waals surface area contributed by atoms with Gasteiger partial charge < -0.3 is 9.80 Å². The van der Waals surface area contributed by atoms with Crippen molar-refractivity contribution in [3.05, 3.63) is 40.7 Å². The van der Waals surface area contributed by atoms with E-state index in [-0.39, 0.29) is 11.3 Å². The Hall–Kier alpha value is -2.71. The summed E-state index contributed by atoms with van der Waals surface area (Å²) in [5.41, 5.74) is 1.53. The number of carbonyl (C=O) groups excluding carboxylic acids is 1. The van der Waals surface area contributed by atoms with Crippen molar-refractivity contribution in [2.24, 2.45) is 5.41 Å². The number of hydrogen-bond donors (Lipinski definition) is 0. The van der Waals surface area contributed by atoms with Gasteiger partial charge in [-0.25, -0.2) is 9.38 Å². The number of aromatic nitrogens is 4. The molecule has 4 heterocycles. The highest BCUT2D eigenvalue weighted by atomic mass is 35.5. The summed E-state index contributed by atoms with van der Waals surface area (Å²) in [7, 11) is 0. The molecule has 7 nitrogen and oxygen atoms in total. The predicted molar refractivity (Wildman–Crippen MR) is 134 cm³/mol. The van der Waals surface area contributed by atoms with E-state index in [1.165, 1.54) is 0 Å². The number of halogens is 1. The van der Waals surface area contributed by atoms with Crippen LogP contribution in [0.2, 0.25) is 5.02 Å². The SMILES string of the molecule is CC(C)(C)CC(=O)N1CCCN(c2nc3cc(Cl)ccc3c3nnc(-c4cccs4)n23)CC1. The van der Waals surface area contributed by atoms with E-state index in [0.29, 0.717) is 24.5 Å². The lowest BCUT2D eigenvalue weighted by molar-refractivity contribution is -0.132. The van der Waals surface area contributed by atoms with Crippen LogP contribution in [0.4, 0.5) is 5.95 Å². The molecule has 3 aromatic heterocycles. The molecule has 0 radical (unpaired) electrons. The van der Waals surface area contributed by atoms with Crippen molar-refractivity contribution in [2.75, 3.05) is 31.1 Å². The molecule has 172 valence electrons. The second kappa shape index (κ2) is 8.57. The van der Waals surface area contributed by atoms with Crippen LogP contribution in [0.5, 0.6) is 0 Å². The minimum absolute atomic E-state index is 0.0213. The first kappa shape index (κ1) is 22.1. The third-order valence-electron chi connectivity index (χ3n) is 5.84. The Bertz CT molecular complexity index is 1310. The van der Waals surface area contributed by atoms with Gasteiger partial charge in [0.15, 0.2) is 11.5 Å². The van der Waals surface area contributed by atoms with Gasteiger partial charge in [-0.15, -0.1) is 21.5 Å². The zero-order valence-electron chi connectivity index (χ0n) is 19.1. The van der Waals surface area contributed by atoms with E-state index < -0.39 is 0 Å². The van der Waals surface area contributed by atoms with E-state index in [4.69, 9.17) is 16.6 Å². The zero-order valence-corrected chi connectivity index (χ0v) is 20.7. The van der Waals surface area contributed by atoms with Crippen molar-refractivity contribution >= 4 is 51.3 Å². The lowest BCUT2D eigenvalue weighted by Crippen LogP contribution is -2.37. The summed E-state index contributed by atoms with van der Waals surface area (Å²) in [6.45, 7) is 9.24. The number of carbonyl (C=O) groups is 1. The van der Waals surface area contributed by atoms with Gasteiger partial charge in [0.1, 0.15) is 0 Å². The topological polar surface area (TPSA) is 66.6 Å². The van der Waals surface area contributed by atoms with Crippen LogP contribution in [0.1, 0.15) is 33.6 Å². The van der Waals surface area contributed by atoms with E-state index in [0.717, 1.165) is 52.7 Å². The lowest BCUT2D eigenvalue weighted by Gasteiger charge is -2.26. The van der Waals surface area contributed by atoms with Crippen molar-refractivity contribution in [1.82, 2.24) is 24.5 Å². The summed E-state index contributed by atoms with van der Waals surface area (Å²) in [6.07, 6.45) is 1.43. The first-order chi connectivity index (χ1) is 15.8. The predicted octanol–water partition coefficient (Wildman–Crippen LogP) is 5.13. The van der Waals surface area contributed by atoms with E-state index in [2.05, 4.69) is 40.3 Å². The van der Waals surface area contributed by atoms with Gasteiger partial charge in [-0.3, -0.25) is 4.79 Å². The molecule has 0 aliphatic carbocycles. The summed E-state index contributed by atoms with van der Waals surface area (Å²) in [4.78, 5) is 23.2. The second-order valence-corrected chi connectivity index (χ2v) is 11.1. The quantitative estimate of drug-likeness (QED) is 0.404. The molecule has 9 heteroatoms. The van der Waals surface area contributed by atoms with E-state index in [9.17, 15) is 4.79 Å². The Kier molecular flexibility index (Phi) is 5.74. The molecule has 4 aromatic rings. The van der Waals surface area contributed by atoms with Gasteiger partial charge in [0.2, 0.25) is 11.9 Å². The minimum Gasteiger partial charge on any atom is -0.341 e. The van der Waals surface area contributed by atoms with E-state index in [1.807, 2.05) is 40.6 Å². The van der Waals surface area contributed by atoms with Gasteiger partial charge in [-0.05, 0) is 41.5 Å². The molecular formula is C24H27ClN6OS. The normalized spacial score (nSPS) is 15.4. The van der Waals surface area contributed by atoms with Crippen molar-refractivity contribution in [2.45, 2.75) is 33.6 Å². The molecule has 0 unspecified atom stereocenters. The molecule has 1 aliphatic heterocycles. The van der Waals surface area contributed by atoms with Crippen LogP contribution in [0.3, 0.4) is 0 Å². The Morgan fingerprint density at radius 1 is 1.12 bits per heavy atom. The number of rotatable bonds is 3. The largest absolute Gasteiger partial charge is 0.341 e. The molecule has 0 N–H and O–H groups in total. The molecule has 1 saturated heterocycles. The summed E-state index contributed by atoms with van der Waals surface area (Å²) >= 11 is 7.92. The van der Waals surface area contributed by atoms with Crippen LogP contribution in [0.15, 0.2) is 35.7 Å². The summed E-state index contributed by atoms with van der Waals surface area (Å²) < 4.78 is 2.05. The van der Waals surface area contributed by atoms with Gasteiger partial charge in [-0.2, -0.15) is 0 Å². The number of thiophene rings is 1. The molecule has 1 fully saturated rings. The standard InChI is InChI=1S/C24H27ClN6OS/c1-24(2,3)15-20(32)29-9-5-10-30(12-11-29)23-26-18-14-16(25)7-8-17(18)21-27-28-22(31(21)23)19-6-4-13-33-19/h4,6-8,13-14H,5,9-12,15H2,1-3H3. The number of nitrogens with zero attached hydrogens (tertiary/aromatic N) is 6. The van der Waals surface area contributed by atoms with Gasteiger partial charge >= 0.3 is 0 Å². The lowest BCUT2D eigenvalue weighted by atomic mass is 9.91. The maximum absolute atomic E-state index is 12.9. The molecular weight excluding hydrogens is 456 g/mol. The number of hydrogen-bond acceptors (Lipinski definition) is 6. The zero-order chi connectivity index (χ0) is 23.2. The third kappa shape index (κ3) is 4.42. The molecule has 1 aliphatic rings. The average molecular weight is 483 g/mol. The summed E-state index contributed by atoms with van der Waals surface area (Å²) in [5.74, 6) is 1.79. The van der Waals surface area contributed by atoms with Gasteiger partial charge in [0, 0.05) is 43.0 Å². The van der Waals surface area contributed by atoms with E-state index >= 15 is 0 Å². The first-order valence-electron chi connectivity index (χ1n) is 11.2. The highest BCUT2D eigenvalue weighted by Gasteiger charge is 2.26. The minimum atomic E-state index is -0.0213. The van der Waals surface area contributed by atoms with Crippen molar-refractivity contribution < 1.29 is 4.79 Å². The summed E-state index contributed by atoms with van der Waals surface area (Å²) in [5, 5.41) is 12.7. The molecule has 33 heavy (non-hydrogen) atoms. The Balaban J connectivity index is 1.56. The van der Waals surface area contributed by atoms with Crippen molar-refractivity contribution in [1.29, 1.82) is 0 Å². The highest BCUT2D eigenvalue weighted by molar-refractivity contribution is 7.13. The number of benzene rings is 1. The second-order valence-electron chi connectivity index (χ2n) is 9.69. The van der Waals surface area contributed by atoms with Crippen LogP contribution in [-0.2, 0) is 4.79 Å². The number of anilines is 1. The molecule has 0 bridgehead atoms. The molecule has 5 rings (SSSR count). The first-order valence-corrected chi connectivity index (χ1v) is 12.5. The van der Waals surface area contributed by atoms with E-state index in [1.54, 1.807) is 11.3 Å². The van der Waals surface area contributed by atoms with Gasteiger partial charge in [0.05, 0.1) is 10.4 Å². The molecule has 1 aromatic carbocycles. The van der Waals surface area contributed by atoms with Crippen LogP contribution in [-0.4, -0.2) is 56.6 Å². The summed E-state index contributed by atoms with van der Waals surface area (Å²) in [6, 6.07) is 9.74. The molecule has 0 atom stereocenters. The fourth-order valence-corrected chi connectivity index (χ4v) is 5.17. The maximum Gasteiger partial charge on any atom is 0.223 e. The third-order valence-corrected chi connectivity index (χ3v) is 6.94. The maximum atomic E-state index is 12.9. The number of amides is 1. The average Bonchev–Trinajstić information content (AvgIpc) is 3.36. The van der Waals surface area contributed by atoms with Gasteiger partial charge in [0.25, 0.3) is 0 Å². The highest BCUT2D eigenvalue weighted by Crippen LogP contribution is 2.32. The van der Waals surface area contributed by atoms with Crippen LogP contribution >= 0.6 is 22.9 Å². The smallest absolute Gasteiger partial charge is 0.223 e. The van der Waals surface area contributed by atoms with Crippen LogP contribution in [0.25, 0.3) is 27.3 Å². The Labute approximate surface area is 202 Å². The fraction of sp³-hybridized carbons (Fsp3) is 0.417. The molecule has 0 spiro atoms. The molecule has 1 amide bonds. The van der Waals surface area contributed by atoms with Crippen molar-refractivity contribution in [3.63, 3.8) is 0 Å². The fourth-order valence-electron chi connectivity index (χ4n) is 4.30. The Morgan fingerprint density at radius 3 is 2.73 bits per heavy atom. The van der Waals surface area contributed by atoms with Crippen LogP contribution in [0, 0.1) is 5.41 Å². The monoisotopic (exact) mass is 482 g/mol. The van der Waals surface area contributed by atoms with Crippen LogP contribution < -0.4 is 4.90 Å². The van der Waals surface area contributed by atoms with Crippen molar-refractivity contribution in [3.8, 4) is 10.7 Å².